The Morgan fingerprint density at radius 2 is 0.746 bits per heavy atom. The fraction of sp³-hybridized carbons (Fsp3) is 0.0345. The summed E-state index contributed by atoms with van der Waals surface area (Å²) in [7, 11) is -2.16. The molecule has 0 aromatic heterocycles. The quantitative estimate of drug-likeness (QED) is 0.124. The molecule has 1 aliphatic heterocycles. The van der Waals surface area contributed by atoms with Crippen LogP contribution in [-0.2, 0) is 0 Å². The van der Waals surface area contributed by atoms with E-state index < -0.39 is 8.07 Å². The first-order chi connectivity index (χ1) is 29.0. The van der Waals surface area contributed by atoms with Crippen molar-refractivity contribution in [3.05, 3.63) is 194 Å². The maximum atomic E-state index is 2.62. The Balaban J connectivity index is 1.07. The highest BCUT2D eigenvalue weighted by molar-refractivity contribution is 7.04. The van der Waals surface area contributed by atoms with Gasteiger partial charge in [0.15, 0.2) is 0 Å². The zero-order valence-electron chi connectivity index (χ0n) is 33.0. The molecule has 0 spiro atoms. The maximum Gasteiger partial charge on any atom is 0.113 e. The largest absolute Gasteiger partial charge is 0.113 e. The molecule has 13 rings (SSSR count). The van der Waals surface area contributed by atoms with E-state index in [2.05, 4.69) is 207 Å². The second-order valence-electron chi connectivity index (χ2n) is 17.2. The number of rotatable bonds is 3. The van der Waals surface area contributed by atoms with Gasteiger partial charge in [0.2, 0.25) is 0 Å². The number of hydrogen-bond donors (Lipinski definition) is 0. The van der Waals surface area contributed by atoms with Crippen LogP contribution in [0.5, 0.6) is 0 Å². The van der Waals surface area contributed by atoms with E-state index in [1.165, 1.54) is 131 Å². The van der Waals surface area contributed by atoms with E-state index >= 15 is 0 Å². The van der Waals surface area contributed by atoms with Crippen LogP contribution in [0.4, 0.5) is 0 Å². The van der Waals surface area contributed by atoms with Crippen molar-refractivity contribution in [1.29, 1.82) is 0 Å². The lowest BCUT2D eigenvalue weighted by atomic mass is 9.84. The van der Waals surface area contributed by atoms with E-state index in [0.29, 0.717) is 0 Å². The molecule has 0 saturated heterocycles. The van der Waals surface area contributed by atoms with Gasteiger partial charge in [-0.15, -0.1) is 0 Å². The van der Waals surface area contributed by atoms with E-state index in [-0.39, 0.29) is 0 Å². The predicted molar refractivity (Wildman–Crippen MR) is 257 cm³/mol. The van der Waals surface area contributed by atoms with Gasteiger partial charge >= 0.3 is 0 Å². The summed E-state index contributed by atoms with van der Waals surface area (Å²) in [4.78, 5) is 0. The molecule has 1 heterocycles. The average Bonchev–Trinajstić information content (AvgIpc) is 3.72. The van der Waals surface area contributed by atoms with Gasteiger partial charge in [0.1, 0.15) is 8.07 Å². The molecule has 0 saturated carbocycles. The molecule has 274 valence electrons. The Labute approximate surface area is 344 Å². The molecule has 0 amide bonds. The van der Waals surface area contributed by atoms with Gasteiger partial charge in [0, 0.05) is 0 Å². The molecule has 0 fully saturated rings. The van der Waals surface area contributed by atoms with Gasteiger partial charge in [0.25, 0.3) is 0 Å². The van der Waals surface area contributed by atoms with E-state index in [1.807, 2.05) is 0 Å². The van der Waals surface area contributed by atoms with Crippen LogP contribution < -0.4 is 10.4 Å². The molecular formula is C58H38Si. The van der Waals surface area contributed by atoms with Crippen LogP contribution in [0.2, 0.25) is 13.1 Å². The van der Waals surface area contributed by atoms with Crippen molar-refractivity contribution in [3.63, 3.8) is 0 Å². The molecule has 0 atom stereocenters. The summed E-state index contributed by atoms with van der Waals surface area (Å²) in [6.45, 7) is 5.14. The normalized spacial score (nSPS) is 13.4. The highest BCUT2D eigenvalue weighted by Gasteiger charge is 2.39. The molecular weight excluding hydrogens is 725 g/mol. The summed E-state index contributed by atoms with van der Waals surface area (Å²) >= 11 is 0. The summed E-state index contributed by atoms with van der Waals surface area (Å²) in [6, 6.07) is 73.7. The average molecular weight is 763 g/mol. The Hall–Kier alpha value is -7.06. The van der Waals surface area contributed by atoms with Gasteiger partial charge in [-0.05, 0) is 149 Å². The minimum atomic E-state index is -2.16. The molecule has 59 heavy (non-hydrogen) atoms. The number of benzene rings is 11. The van der Waals surface area contributed by atoms with Crippen LogP contribution >= 0.6 is 0 Å². The van der Waals surface area contributed by atoms with E-state index in [0.717, 1.165) is 0 Å². The van der Waals surface area contributed by atoms with E-state index in [9.17, 15) is 0 Å². The van der Waals surface area contributed by atoms with E-state index in [1.54, 1.807) is 0 Å². The second kappa shape index (κ2) is 12.0. The third-order valence-electron chi connectivity index (χ3n) is 13.8. The van der Waals surface area contributed by atoms with Crippen LogP contribution in [-0.4, -0.2) is 8.07 Å². The molecule has 11 aromatic carbocycles. The highest BCUT2D eigenvalue weighted by atomic mass is 28.3. The lowest BCUT2D eigenvalue weighted by Gasteiger charge is -2.23. The Bertz CT molecular complexity index is 3610. The summed E-state index contributed by atoms with van der Waals surface area (Å²) in [5.41, 5.74) is 16.0. The van der Waals surface area contributed by atoms with Gasteiger partial charge in [0.05, 0.1) is 0 Å². The summed E-state index contributed by atoms with van der Waals surface area (Å²) < 4.78 is 0. The third kappa shape index (κ3) is 4.59. The Morgan fingerprint density at radius 3 is 1.41 bits per heavy atom. The second-order valence-corrected chi connectivity index (χ2v) is 21.5. The topological polar surface area (TPSA) is 0 Å². The maximum absolute atomic E-state index is 2.62. The third-order valence-corrected chi connectivity index (χ3v) is 17.3. The van der Waals surface area contributed by atoms with Gasteiger partial charge in [-0.1, -0.05) is 189 Å². The number of hydrogen-bond acceptors (Lipinski definition) is 0. The first kappa shape index (κ1) is 33.0. The van der Waals surface area contributed by atoms with Gasteiger partial charge in [-0.25, -0.2) is 0 Å². The van der Waals surface area contributed by atoms with Crippen LogP contribution in [0.25, 0.3) is 121 Å². The summed E-state index contributed by atoms with van der Waals surface area (Å²) in [5.74, 6) is 0. The lowest BCUT2D eigenvalue weighted by Crippen LogP contribution is -2.49. The molecule has 0 N–H and O–H groups in total. The molecule has 2 aliphatic rings. The molecule has 1 aliphatic carbocycles. The van der Waals surface area contributed by atoms with Crippen molar-refractivity contribution >= 4 is 72.3 Å². The first-order valence-electron chi connectivity index (χ1n) is 20.8. The minimum Gasteiger partial charge on any atom is -0.0616 e. The molecule has 11 aromatic rings. The van der Waals surface area contributed by atoms with Crippen molar-refractivity contribution < 1.29 is 0 Å². The standard InChI is InChI=1S/C58H38Si/c1-59(2)54-32-39(42-28-29-50-44-17-8-7-16-43(44)47-21-11-20-46(42)58(47)50)26-27-45(54)51-33-52-53(34-55(51)59)57(41-25-23-36-13-4-6-15-38(36)31-41)49-19-10-9-18-48(49)56(52)40-24-22-35-12-3-5-14-37(35)30-40/h3-34H,1-2H3. The van der Waals surface area contributed by atoms with Gasteiger partial charge < -0.3 is 0 Å². The van der Waals surface area contributed by atoms with E-state index in [4.69, 9.17) is 0 Å². The van der Waals surface area contributed by atoms with Crippen molar-refractivity contribution in [3.8, 4) is 66.8 Å². The highest BCUT2D eigenvalue weighted by Crippen LogP contribution is 2.50. The monoisotopic (exact) mass is 762 g/mol. The van der Waals surface area contributed by atoms with Crippen molar-refractivity contribution in [2.24, 2.45) is 0 Å². The van der Waals surface area contributed by atoms with Crippen molar-refractivity contribution in [2.45, 2.75) is 13.1 Å². The van der Waals surface area contributed by atoms with Gasteiger partial charge in [-0.2, -0.15) is 0 Å². The zero-order valence-corrected chi connectivity index (χ0v) is 34.0. The van der Waals surface area contributed by atoms with Crippen molar-refractivity contribution in [2.75, 3.05) is 0 Å². The first-order valence-corrected chi connectivity index (χ1v) is 23.8. The lowest BCUT2D eigenvalue weighted by molar-refractivity contribution is 1.66. The SMILES string of the molecule is C[Si]1(C)c2cc(-c3ccc4c5c(cccc35)-c3ccccc3-4)ccc2-c2cc3c(-c4ccc5ccccc5c4)c4ccccc4c(-c4ccc5ccccc5c4)c3cc21. The smallest absolute Gasteiger partial charge is 0.0616 e. The van der Waals surface area contributed by atoms with Gasteiger partial charge in [-0.3, -0.25) is 0 Å². The number of fused-ring (bicyclic) bond motifs is 10. The van der Waals surface area contributed by atoms with Crippen LogP contribution in [0.15, 0.2) is 194 Å². The fourth-order valence-corrected chi connectivity index (χ4v) is 14.0. The van der Waals surface area contributed by atoms with Crippen LogP contribution in [0.1, 0.15) is 0 Å². The van der Waals surface area contributed by atoms with Crippen LogP contribution in [0.3, 0.4) is 0 Å². The fourth-order valence-electron chi connectivity index (χ4n) is 10.9. The predicted octanol–water partition coefficient (Wildman–Crippen LogP) is 14.9. The van der Waals surface area contributed by atoms with Crippen molar-refractivity contribution in [1.82, 2.24) is 0 Å². The Kier molecular flexibility index (Phi) is 6.70. The molecule has 0 nitrogen and oxygen atoms in total. The minimum absolute atomic E-state index is 1.26. The molecule has 1 heteroatoms. The van der Waals surface area contributed by atoms with Crippen LogP contribution in [0, 0.1) is 0 Å². The molecule has 0 radical (unpaired) electrons. The molecule has 0 bridgehead atoms. The zero-order chi connectivity index (χ0) is 39.0. The summed E-state index contributed by atoms with van der Waals surface area (Å²) in [6.07, 6.45) is 0. The Morgan fingerprint density at radius 1 is 0.271 bits per heavy atom. The summed E-state index contributed by atoms with van der Waals surface area (Å²) in [5, 5.41) is 16.1. The molecule has 0 unspecified atom stereocenters.